The van der Waals surface area contributed by atoms with Gasteiger partial charge in [0.2, 0.25) is 0 Å². The molecule has 0 amide bonds. The smallest absolute Gasteiger partial charge is 0.0205 e. The fourth-order valence-corrected chi connectivity index (χ4v) is 3.75. The SMILES string of the molecule is CC(C)CNCCc1ccccc1.CC(C)CNCc1ccccc1.Cc1ccc(CCNCC(C)C)cc1. The Bertz CT molecular complexity index is 919. The molecule has 3 nitrogen and oxygen atoms in total. The molecule has 3 rings (SSSR count). The summed E-state index contributed by atoms with van der Waals surface area (Å²) < 4.78 is 0. The molecular weight excluding hydrogens is 474 g/mol. The third-order valence-electron chi connectivity index (χ3n) is 5.97. The fraction of sp³-hybridized carbons (Fsp3) is 0.500. The highest BCUT2D eigenvalue weighted by molar-refractivity contribution is 5.21. The summed E-state index contributed by atoms with van der Waals surface area (Å²) in [6.07, 6.45) is 2.26. The largest absolute Gasteiger partial charge is 0.316 e. The van der Waals surface area contributed by atoms with Gasteiger partial charge in [-0.05, 0) is 86.9 Å². The van der Waals surface area contributed by atoms with E-state index in [-0.39, 0.29) is 0 Å². The maximum absolute atomic E-state index is 3.45. The van der Waals surface area contributed by atoms with Crippen LogP contribution in [0.4, 0.5) is 0 Å². The van der Waals surface area contributed by atoms with Crippen LogP contribution in [0.2, 0.25) is 0 Å². The Balaban J connectivity index is 0.000000293. The van der Waals surface area contributed by atoms with Crippen LogP contribution >= 0.6 is 0 Å². The molecule has 0 aliphatic rings. The predicted molar refractivity (Wildman–Crippen MR) is 173 cm³/mol. The molecule has 216 valence electrons. The maximum atomic E-state index is 3.45. The van der Waals surface area contributed by atoms with E-state index in [2.05, 4.69) is 143 Å². The lowest BCUT2D eigenvalue weighted by Gasteiger charge is -2.07. The molecule has 0 heterocycles. The fourth-order valence-electron chi connectivity index (χ4n) is 3.75. The quantitative estimate of drug-likeness (QED) is 0.187. The van der Waals surface area contributed by atoms with Gasteiger partial charge in [-0.1, -0.05) is 132 Å². The minimum atomic E-state index is 0.730. The van der Waals surface area contributed by atoms with Crippen molar-refractivity contribution in [2.75, 3.05) is 32.7 Å². The van der Waals surface area contributed by atoms with Gasteiger partial charge in [0.05, 0.1) is 0 Å². The standard InChI is InChI=1S/C13H21N.C12H19N.C11H17N/c1-11(2)10-14-9-8-13-6-4-12(3)5-7-13;1-11(2)10-13-9-8-12-6-4-3-5-7-12;1-10(2)8-12-9-11-6-4-3-5-7-11/h4-7,11,14H,8-10H2,1-3H3;3-7,11,13H,8-10H2,1-2H3;3-7,10,12H,8-9H2,1-2H3. The molecule has 0 atom stereocenters. The Morgan fingerprint density at radius 2 is 0.846 bits per heavy atom. The topological polar surface area (TPSA) is 36.1 Å². The van der Waals surface area contributed by atoms with Gasteiger partial charge in [-0.2, -0.15) is 0 Å². The van der Waals surface area contributed by atoms with E-state index in [9.17, 15) is 0 Å². The van der Waals surface area contributed by atoms with Crippen molar-refractivity contribution in [1.29, 1.82) is 0 Å². The number of nitrogens with one attached hydrogen (secondary N) is 3. The second kappa shape index (κ2) is 22.4. The molecule has 39 heavy (non-hydrogen) atoms. The number of benzene rings is 3. The van der Waals surface area contributed by atoms with Gasteiger partial charge in [0.15, 0.2) is 0 Å². The normalized spacial score (nSPS) is 10.7. The van der Waals surface area contributed by atoms with Gasteiger partial charge in [-0.25, -0.2) is 0 Å². The summed E-state index contributed by atoms with van der Waals surface area (Å²) in [7, 11) is 0. The second-order valence-electron chi connectivity index (χ2n) is 11.7. The maximum Gasteiger partial charge on any atom is 0.0205 e. The highest BCUT2D eigenvalue weighted by atomic mass is 14.9. The summed E-state index contributed by atoms with van der Waals surface area (Å²) in [5.74, 6) is 2.22. The number of hydrogen-bond donors (Lipinski definition) is 3. The van der Waals surface area contributed by atoms with Crippen LogP contribution in [0, 0.1) is 24.7 Å². The molecule has 0 saturated heterocycles. The zero-order chi connectivity index (χ0) is 28.7. The van der Waals surface area contributed by atoms with Crippen LogP contribution in [0.3, 0.4) is 0 Å². The summed E-state index contributed by atoms with van der Waals surface area (Å²) in [4.78, 5) is 0. The van der Waals surface area contributed by atoms with Gasteiger partial charge < -0.3 is 16.0 Å². The summed E-state index contributed by atoms with van der Waals surface area (Å²) in [5, 5.41) is 10.3. The van der Waals surface area contributed by atoms with E-state index in [4.69, 9.17) is 0 Å². The van der Waals surface area contributed by atoms with Crippen molar-refractivity contribution in [3.05, 3.63) is 107 Å². The molecule has 3 aromatic carbocycles. The van der Waals surface area contributed by atoms with Crippen molar-refractivity contribution in [1.82, 2.24) is 16.0 Å². The molecule has 0 bridgehead atoms. The molecule has 3 heteroatoms. The zero-order valence-electron chi connectivity index (χ0n) is 26.0. The minimum absolute atomic E-state index is 0.730. The average molecular weight is 532 g/mol. The zero-order valence-corrected chi connectivity index (χ0v) is 26.0. The van der Waals surface area contributed by atoms with Crippen LogP contribution < -0.4 is 16.0 Å². The Hall–Kier alpha value is -2.46. The average Bonchev–Trinajstić information content (AvgIpc) is 2.92. The first-order valence-corrected chi connectivity index (χ1v) is 15.0. The molecule has 0 fully saturated rings. The molecule has 0 aromatic heterocycles. The van der Waals surface area contributed by atoms with Crippen LogP contribution in [0.25, 0.3) is 0 Å². The van der Waals surface area contributed by atoms with Gasteiger partial charge in [0, 0.05) is 6.54 Å². The van der Waals surface area contributed by atoms with E-state index in [1.54, 1.807) is 0 Å². The minimum Gasteiger partial charge on any atom is -0.316 e. The molecule has 0 aliphatic heterocycles. The first-order valence-electron chi connectivity index (χ1n) is 15.0. The van der Waals surface area contributed by atoms with Crippen LogP contribution in [-0.2, 0) is 19.4 Å². The van der Waals surface area contributed by atoms with Gasteiger partial charge in [-0.3, -0.25) is 0 Å². The molecular formula is C36H57N3. The first kappa shape index (κ1) is 34.6. The van der Waals surface area contributed by atoms with Crippen LogP contribution in [0.1, 0.15) is 63.8 Å². The number of rotatable bonds is 14. The van der Waals surface area contributed by atoms with Crippen molar-refractivity contribution >= 4 is 0 Å². The monoisotopic (exact) mass is 531 g/mol. The summed E-state index contributed by atoms with van der Waals surface area (Å²) in [6, 6.07) is 29.9. The van der Waals surface area contributed by atoms with E-state index >= 15 is 0 Å². The van der Waals surface area contributed by atoms with E-state index in [0.717, 1.165) is 69.9 Å². The molecule has 3 N–H and O–H groups in total. The van der Waals surface area contributed by atoms with Crippen LogP contribution in [0.5, 0.6) is 0 Å². The molecule has 0 aliphatic carbocycles. The first-order chi connectivity index (χ1) is 18.8. The van der Waals surface area contributed by atoms with Crippen molar-refractivity contribution in [2.24, 2.45) is 17.8 Å². The van der Waals surface area contributed by atoms with Gasteiger partial charge in [-0.15, -0.1) is 0 Å². The Morgan fingerprint density at radius 1 is 0.462 bits per heavy atom. The third-order valence-corrected chi connectivity index (χ3v) is 5.97. The lowest BCUT2D eigenvalue weighted by Crippen LogP contribution is -2.22. The lowest BCUT2D eigenvalue weighted by atomic mass is 10.1. The summed E-state index contributed by atoms with van der Waals surface area (Å²) in [6.45, 7) is 22.0. The van der Waals surface area contributed by atoms with Crippen molar-refractivity contribution < 1.29 is 0 Å². The number of aryl methyl sites for hydroxylation is 1. The van der Waals surface area contributed by atoms with Gasteiger partial charge in [0.25, 0.3) is 0 Å². The van der Waals surface area contributed by atoms with Crippen molar-refractivity contribution in [3.63, 3.8) is 0 Å². The van der Waals surface area contributed by atoms with E-state index in [0.29, 0.717) is 0 Å². The van der Waals surface area contributed by atoms with Crippen molar-refractivity contribution in [2.45, 2.75) is 67.9 Å². The molecule has 0 spiro atoms. The molecule has 3 aromatic rings. The predicted octanol–water partition coefficient (Wildman–Crippen LogP) is 7.69. The van der Waals surface area contributed by atoms with E-state index < -0.39 is 0 Å². The van der Waals surface area contributed by atoms with Gasteiger partial charge in [0.1, 0.15) is 0 Å². The highest BCUT2D eigenvalue weighted by Crippen LogP contribution is 2.03. The molecule has 0 radical (unpaired) electrons. The Kier molecular flexibility index (Phi) is 19.8. The van der Waals surface area contributed by atoms with Gasteiger partial charge >= 0.3 is 0 Å². The summed E-state index contributed by atoms with van der Waals surface area (Å²) in [5.41, 5.74) is 5.53. The third kappa shape index (κ3) is 21.1. The lowest BCUT2D eigenvalue weighted by molar-refractivity contribution is 0.552. The Morgan fingerprint density at radius 3 is 1.28 bits per heavy atom. The summed E-state index contributed by atoms with van der Waals surface area (Å²) >= 11 is 0. The van der Waals surface area contributed by atoms with Crippen molar-refractivity contribution in [3.8, 4) is 0 Å². The van der Waals surface area contributed by atoms with E-state index in [1.165, 1.54) is 22.3 Å². The Labute approximate surface area is 241 Å². The van der Waals surface area contributed by atoms with E-state index in [1.807, 2.05) is 6.07 Å². The number of hydrogen-bond acceptors (Lipinski definition) is 3. The molecule has 0 unspecified atom stereocenters. The molecule has 0 saturated carbocycles. The second-order valence-corrected chi connectivity index (χ2v) is 11.7. The highest BCUT2D eigenvalue weighted by Gasteiger charge is 1.96. The van der Waals surface area contributed by atoms with Crippen LogP contribution in [0.15, 0.2) is 84.9 Å². The van der Waals surface area contributed by atoms with Crippen LogP contribution in [-0.4, -0.2) is 32.7 Å².